The van der Waals surface area contributed by atoms with Crippen LogP contribution in [0, 0.1) is 0 Å². The average molecular weight is 196 g/mol. The molecule has 0 aliphatic heterocycles. The van der Waals surface area contributed by atoms with E-state index in [1.54, 1.807) is 0 Å². The zero-order chi connectivity index (χ0) is 10.7. The Bertz CT molecular complexity index is 357. The zero-order valence-electron chi connectivity index (χ0n) is 8.03. The number of Topliss-reactive ketones (excluding diaryl/α,β-unsaturated/α-hetero) is 1. The van der Waals surface area contributed by atoms with Crippen LogP contribution in [0.15, 0.2) is 12.3 Å². The van der Waals surface area contributed by atoms with Gasteiger partial charge >= 0.3 is 5.97 Å². The summed E-state index contributed by atoms with van der Waals surface area (Å²) in [4.78, 5) is 24.7. The zero-order valence-corrected chi connectivity index (χ0v) is 8.03. The number of nitrogens with one attached hydrogen (secondary N) is 1. The summed E-state index contributed by atoms with van der Waals surface area (Å²) in [7, 11) is 1.29. The highest BCUT2D eigenvalue weighted by Crippen LogP contribution is 2.13. The molecule has 1 atom stereocenters. The van der Waals surface area contributed by atoms with Crippen molar-refractivity contribution in [3.05, 3.63) is 23.5 Å². The first-order chi connectivity index (χ1) is 6.56. The van der Waals surface area contributed by atoms with Gasteiger partial charge in [0.15, 0.2) is 5.78 Å². The van der Waals surface area contributed by atoms with Gasteiger partial charge in [-0.3, -0.25) is 4.79 Å². The van der Waals surface area contributed by atoms with Gasteiger partial charge in [0.2, 0.25) is 0 Å². The van der Waals surface area contributed by atoms with Crippen molar-refractivity contribution in [3.8, 4) is 0 Å². The van der Waals surface area contributed by atoms with Gasteiger partial charge in [-0.15, -0.1) is 0 Å². The number of nitrogens with two attached hydrogens (primary N) is 1. The standard InChI is InChI=1S/C9H12N2O3/c1-5(12)8(10)6-3-7(11-4-6)9(13)14-2/h3-4,8,11H,10H2,1-2H3. The van der Waals surface area contributed by atoms with E-state index >= 15 is 0 Å². The Morgan fingerprint density at radius 1 is 1.57 bits per heavy atom. The minimum absolute atomic E-state index is 0.152. The fourth-order valence-corrected chi connectivity index (χ4v) is 1.05. The van der Waals surface area contributed by atoms with E-state index < -0.39 is 12.0 Å². The van der Waals surface area contributed by atoms with Crippen LogP contribution in [0.4, 0.5) is 0 Å². The lowest BCUT2D eigenvalue weighted by molar-refractivity contribution is -0.118. The van der Waals surface area contributed by atoms with Crippen molar-refractivity contribution in [1.29, 1.82) is 0 Å². The average Bonchev–Trinajstić information content (AvgIpc) is 2.64. The molecule has 76 valence electrons. The Labute approximate surface area is 81.2 Å². The lowest BCUT2D eigenvalue weighted by Crippen LogP contribution is -2.17. The number of carbonyl (C=O) groups is 2. The number of H-pyrrole nitrogens is 1. The third-order valence-electron chi connectivity index (χ3n) is 1.91. The van der Waals surface area contributed by atoms with Crippen molar-refractivity contribution in [2.75, 3.05) is 7.11 Å². The minimum Gasteiger partial charge on any atom is -0.464 e. The summed E-state index contributed by atoms with van der Waals surface area (Å²) in [5.74, 6) is -0.632. The molecule has 1 unspecified atom stereocenters. The smallest absolute Gasteiger partial charge is 0.354 e. The molecule has 0 saturated carbocycles. The van der Waals surface area contributed by atoms with Crippen LogP contribution in [0.2, 0.25) is 0 Å². The lowest BCUT2D eigenvalue weighted by atomic mass is 10.1. The first-order valence-electron chi connectivity index (χ1n) is 4.09. The van der Waals surface area contributed by atoms with Crippen molar-refractivity contribution in [2.45, 2.75) is 13.0 Å². The van der Waals surface area contributed by atoms with Crippen molar-refractivity contribution < 1.29 is 14.3 Å². The maximum atomic E-state index is 11.0. The third-order valence-corrected chi connectivity index (χ3v) is 1.91. The van der Waals surface area contributed by atoms with E-state index in [1.807, 2.05) is 0 Å². The van der Waals surface area contributed by atoms with Gasteiger partial charge in [0.1, 0.15) is 5.69 Å². The Balaban J connectivity index is 2.88. The molecule has 0 fully saturated rings. The van der Waals surface area contributed by atoms with Gasteiger partial charge in [0, 0.05) is 6.20 Å². The Morgan fingerprint density at radius 2 is 2.21 bits per heavy atom. The molecule has 0 aromatic carbocycles. The van der Waals surface area contributed by atoms with Gasteiger partial charge in [-0.25, -0.2) is 4.79 Å². The predicted octanol–water partition coefficient (Wildman–Crippen LogP) is 0.390. The number of ether oxygens (including phenoxy) is 1. The lowest BCUT2D eigenvalue weighted by Gasteiger charge is -2.02. The number of hydrogen-bond donors (Lipinski definition) is 2. The summed E-state index contributed by atoms with van der Waals surface area (Å²) in [6.07, 6.45) is 1.53. The first-order valence-corrected chi connectivity index (χ1v) is 4.09. The summed E-state index contributed by atoms with van der Waals surface area (Å²) >= 11 is 0. The Kier molecular flexibility index (Phi) is 3.03. The van der Waals surface area contributed by atoms with Crippen LogP contribution in [-0.2, 0) is 9.53 Å². The molecular formula is C9H12N2O3. The third kappa shape index (κ3) is 2.00. The van der Waals surface area contributed by atoms with Crippen molar-refractivity contribution in [2.24, 2.45) is 5.73 Å². The maximum Gasteiger partial charge on any atom is 0.354 e. The summed E-state index contributed by atoms with van der Waals surface area (Å²) in [6.45, 7) is 1.40. The largest absolute Gasteiger partial charge is 0.464 e. The van der Waals surface area contributed by atoms with Gasteiger partial charge < -0.3 is 15.5 Å². The molecule has 0 aliphatic rings. The summed E-state index contributed by atoms with van der Waals surface area (Å²) in [6, 6.07) is 0.822. The van der Waals surface area contributed by atoms with Gasteiger partial charge in [-0.1, -0.05) is 0 Å². The molecule has 1 aromatic rings. The van der Waals surface area contributed by atoms with Gasteiger partial charge in [0.25, 0.3) is 0 Å². The van der Waals surface area contributed by atoms with Crippen LogP contribution in [0.1, 0.15) is 29.0 Å². The molecule has 1 rings (SSSR count). The monoisotopic (exact) mass is 196 g/mol. The normalized spacial score (nSPS) is 12.2. The van der Waals surface area contributed by atoms with E-state index in [0.717, 1.165) is 0 Å². The molecule has 0 bridgehead atoms. The van der Waals surface area contributed by atoms with Crippen molar-refractivity contribution >= 4 is 11.8 Å². The number of esters is 1. The molecule has 5 nitrogen and oxygen atoms in total. The van der Waals surface area contributed by atoms with Crippen LogP contribution in [0.3, 0.4) is 0 Å². The molecule has 3 N–H and O–H groups in total. The van der Waals surface area contributed by atoms with E-state index in [9.17, 15) is 9.59 Å². The van der Waals surface area contributed by atoms with Crippen LogP contribution >= 0.6 is 0 Å². The number of aromatic nitrogens is 1. The number of ketones is 1. The highest BCUT2D eigenvalue weighted by Gasteiger charge is 2.15. The molecule has 0 radical (unpaired) electrons. The molecule has 0 saturated heterocycles. The van der Waals surface area contributed by atoms with Crippen LogP contribution in [0.5, 0.6) is 0 Å². The van der Waals surface area contributed by atoms with E-state index in [0.29, 0.717) is 11.3 Å². The van der Waals surface area contributed by atoms with E-state index in [-0.39, 0.29) is 5.78 Å². The fraction of sp³-hybridized carbons (Fsp3) is 0.333. The van der Waals surface area contributed by atoms with Crippen LogP contribution in [-0.4, -0.2) is 23.8 Å². The predicted molar refractivity (Wildman–Crippen MR) is 49.7 cm³/mol. The van der Waals surface area contributed by atoms with Crippen molar-refractivity contribution in [3.63, 3.8) is 0 Å². The summed E-state index contributed by atoms with van der Waals surface area (Å²) < 4.78 is 4.49. The van der Waals surface area contributed by atoms with Gasteiger partial charge in [-0.05, 0) is 18.6 Å². The molecule has 14 heavy (non-hydrogen) atoms. The highest BCUT2D eigenvalue weighted by atomic mass is 16.5. The molecule has 0 aliphatic carbocycles. The Hall–Kier alpha value is -1.62. The molecule has 0 spiro atoms. The molecule has 1 heterocycles. The molecule has 5 heteroatoms. The van der Waals surface area contributed by atoms with E-state index in [1.165, 1.54) is 26.3 Å². The van der Waals surface area contributed by atoms with E-state index in [4.69, 9.17) is 5.73 Å². The summed E-state index contributed by atoms with van der Waals surface area (Å²) in [5.41, 5.74) is 6.44. The van der Waals surface area contributed by atoms with Crippen molar-refractivity contribution in [1.82, 2.24) is 4.98 Å². The second kappa shape index (κ2) is 4.06. The van der Waals surface area contributed by atoms with Crippen LogP contribution in [0.25, 0.3) is 0 Å². The van der Waals surface area contributed by atoms with Gasteiger partial charge in [-0.2, -0.15) is 0 Å². The molecule has 0 amide bonds. The SMILES string of the molecule is COC(=O)c1cc(C(N)C(C)=O)c[nH]1. The first kappa shape index (κ1) is 10.5. The van der Waals surface area contributed by atoms with Gasteiger partial charge in [0.05, 0.1) is 13.2 Å². The van der Waals surface area contributed by atoms with Crippen LogP contribution < -0.4 is 5.73 Å². The summed E-state index contributed by atoms with van der Waals surface area (Å²) in [5, 5.41) is 0. The van der Waals surface area contributed by atoms with E-state index in [2.05, 4.69) is 9.72 Å². The minimum atomic E-state index is -0.690. The number of carbonyl (C=O) groups excluding carboxylic acids is 2. The number of aromatic amines is 1. The second-order valence-corrected chi connectivity index (χ2v) is 2.93. The number of rotatable bonds is 3. The second-order valence-electron chi connectivity index (χ2n) is 2.93. The number of methoxy groups -OCH3 is 1. The maximum absolute atomic E-state index is 11.0. The fourth-order valence-electron chi connectivity index (χ4n) is 1.05. The molecular weight excluding hydrogens is 184 g/mol. The Morgan fingerprint density at radius 3 is 2.71 bits per heavy atom. The quantitative estimate of drug-likeness (QED) is 0.685. The topological polar surface area (TPSA) is 85.2 Å². The number of hydrogen-bond acceptors (Lipinski definition) is 4. The molecule has 1 aromatic heterocycles. The highest BCUT2D eigenvalue weighted by molar-refractivity contribution is 5.89.